The Morgan fingerprint density at radius 2 is 2.29 bits per heavy atom. The monoisotopic (exact) mass is 196 g/mol. The highest BCUT2D eigenvalue weighted by atomic mass is 16.5. The number of aryl methyl sites for hydroxylation is 1. The molecule has 0 saturated heterocycles. The summed E-state index contributed by atoms with van der Waals surface area (Å²) in [6.45, 7) is 3.71. The normalized spacial score (nSPS) is 14.9. The zero-order valence-electron chi connectivity index (χ0n) is 8.74. The topological polar surface area (TPSA) is 68.4 Å². The molecule has 0 radical (unpaired) electrons. The van der Waals surface area contributed by atoms with E-state index in [2.05, 4.69) is 4.98 Å². The maximum Gasteiger partial charge on any atom is 0.215 e. The van der Waals surface area contributed by atoms with Gasteiger partial charge in [-0.25, -0.2) is 4.98 Å². The van der Waals surface area contributed by atoms with Crippen molar-refractivity contribution in [3.05, 3.63) is 23.4 Å². The lowest BCUT2D eigenvalue weighted by Crippen LogP contribution is -2.31. The van der Waals surface area contributed by atoms with E-state index in [1.165, 1.54) is 0 Å². The smallest absolute Gasteiger partial charge is 0.215 e. The average molecular weight is 196 g/mol. The third-order valence-electron chi connectivity index (χ3n) is 2.24. The molecule has 1 atom stereocenters. The number of aliphatic hydroxyl groups is 1. The van der Waals surface area contributed by atoms with Gasteiger partial charge in [0.05, 0.1) is 7.11 Å². The van der Waals surface area contributed by atoms with Gasteiger partial charge in [0.2, 0.25) is 5.88 Å². The van der Waals surface area contributed by atoms with Crippen LogP contribution in [-0.2, 0) is 5.60 Å². The summed E-state index contributed by atoms with van der Waals surface area (Å²) in [5, 5.41) is 9.88. The first-order valence-corrected chi connectivity index (χ1v) is 4.45. The average Bonchev–Trinajstić information content (AvgIpc) is 2.17. The highest BCUT2D eigenvalue weighted by Crippen LogP contribution is 2.22. The van der Waals surface area contributed by atoms with Crippen LogP contribution in [-0.4, -0.2) is 23.7 Å². The summed E-state index contributed by atoms with van der Waals surface area (Å²) in [7, 11) is 1.57. The third-order valence-corrected chi connectivity index (χ3v) is 2.24. The van der Waals surface area contributed by atoms with Gasteiger partial charge in [0, 0.05) is 23.9 Å². The van der Waals surface area contributed by atoms with Crippen molar-refractivity contribution in [3.63, 3.8) is 0 Å². The van der Waals surface area contributed by atoms with Gasteiger partial charge >= 0.3 is 0 Å². The summed E-state index contributed by atoms with van der Waals surface area (Å²) in [6, 6.07) is 1.83. The molecule has 0 saturated carbocycles. The Morgan fingerprint density at radius 3 is 2.71 bits per heavy atom. The minimum Gasteiger partial charge on any atom is -0.481 e. The molecule has 0 aromatic carbocycles. The molecule has 4 heteroatoms. The van der Waals surface area contributed by atoms with Crippen molar-refractivity contribution < 1.29 is 9.84 Å². The second-order valence-electron chi connectivity index (χ2n) is 3.53. The molecular weight excluding hydrogens is 180 g/mol. The van der Waals surface area contributed by atoms with Crippen molar-refractivity contribution in [1.82, 2.24) is 4.98 Å². The van der Waals surface area contributed by atoms with E-state index in [9.17, 15) is 5.11 Å². The summed E-state index contributed by atoms with van der Waals surface area (Å²) in [5.41, 5.74) is 6.02. The van der Waals surface area contributed by atoms with Gasteiger partial charge in [-0.05, 0) is 19.9 Å². The molecule has 0 amide bonds. The predicted octanol–water partition coefficient (Wildman–Crippen LogP) is 0.565. The number of nitrogens with two attached hydrogens (primary N) is 1. The van der Waals surface area contributed by atoms with Gasteiger partial charge in [-0.2, -0.15) is 0 Å². The second kappa shape index (κ2) is 3.94. The van der Waals surface area contributed by atoms with E-state index in [4.69, 9.17) is 10.5 Å². The van der Waals surface area contributed by atoms with Crippen LogP contribution in [0.2, 0.25) is 0 Å². The summed E-state index contributed by atoms with van der Waals surface area (Å²) in [4.78, 5) is 4.07. The molecule has 1 aromatic heterocycles. The van der Waals surface area contributed by atoms with E-state index >= 15 is 0 Å². The molecule has 0 spiro atoms. The quantitative estimate of drug-likeness (QED) is 0.741. The Hall–Kier alpha value is -1.13. The Balaban J connectivity index is 3.08. The number of ether oxygens (including phenoxy) is 1. The molecule has 1 rings (SSSR count). The van der Waals surface area contributed by atoms with E-state index in [1.807, 2.05) is 13.0 Å². The van der Waals surface area contributed by atoms with Crippen molar-refractivity contribution >= 4 is 0 Å². The first kappa shape index (κ1) is 10.9. The van der Waals surface area contributed by atoms with Crippen molar-refractivity contribution in [3.8, 4) is 5.88 Å². The Labute approximate surface area is 83.7 Å². The SMILES string of the molecule is COc1ncc(C(C)(O)CN)cc1C. The number of hydrogen-bond donors (Lipinski definition) is 2. The highest BCUT2D eigenvalue weighted by Gasteiger charge is 2.22. The van der Waals surface area contributed by atoms with Crippen LogP contribution < -0.4 is 10.5 Å². The summed E-state index contributed by atoms with van der Waals surface area (Å²) >= 11 is 0. The van der Waals surface area contributed by atoms with Crippen LogP contribution in [0.25, 0.3) is 0 Å². The van der Waals surface area contributed by atoms with Gasteiger partial charge in [-0.15, -0.1) is 0 Å². The molecule has 0 aliphatic carbocycles. The van der Waals surface area contributed by atoms with Crippen molar-refractivity contribution in [2.24, 2.45) is 5.73 Å². The van der Waals surface area contributed by atoms with E-state index in [1.54, 1.807) is 20.2 Å². The molecule has 78 valence electrons. The fourth-order valence-corrected chi connectivity index (χ4v) is 1.19. The third kappa shape index (κ3) is 2.02. The molecule has 0 aliphatic rings. The molecule has 4 nitrogen and oxygen atoms in total. The molecule has 1 heterocycles. The fraction of sp³-hybridized carbons (Fsp3) is 0.500. The Bertz CT molecular complexity index is 324. The van der Waals surface area contributed by atoms with Crippen LogP contribution >= 0.6 is 0 Å². The Kier molecular flexibility index (Phi) is 3.08. The maximum atomic E-state index is 9.88. The molecular formula is C10H16N2O2. The lowest BCUT2D eigenvalue weighted by molar-refractivity contribution is 0.0663. The van der Waals surface area contributed by atoms with Crippen LogP contribution in [0.3, 0.4) is 0 Å². The zero-order valence-corrected chi connectivity index (χ0v) is 8.74. The minimum absolute atomic E-state index is 0.167. The van der Waals surface area contributed by atoms with E-state index < -0.39 is 5.60 Å². The van der Waals surface area contributed by atoms with Gasteiger partial charge in [0.25, 0.3) is 0 Å². The van der Waals surface area contributed by atoms with Crippen LogP contribution in [0.1, 0.15) is 18.1 Å². The highest BCUT2D eigenvalue weighted by molar-refractivity contribution is 5.31. The molecule has 3 N–H and O–H groups in total. The molecule has 0 aliphatic heterocycles. The van der Waals surface area contributed by atoms with Gasteiger partial charge in [-0.1, -0.05) is 0 Å². The first-order chi connectivity index (χ1) is 6.51. The van der Waals surface area contributed by atoms with Crippen LogP contribution in [0, 0.1) is 6.92 Å². The van der Waals surface area contributed by atoms with Gasteiger partial charge in [-0.3, -0.25) is 0 Å². The lowest BCUT2D eigenvalue weighted by Gasteiger charge is -2.21. The van der Waals surface area contributed by atoms with Crippen molar-refractivity contribution in [2.75, 3.05) is 13.7 Å². The standard InChI is InChI=1S/C10H16N2O2/c1-7-4-8(10(2,13)6-11)5-12-9(7)14-3/h4-5,13H,6,11H2,1-3H3. The molecule has 1 aromatic rings. The molecule has 0 bridgehead atoms. The summed E-state index contributed by atoms with van der Waals surface area (Å²) in [6.07, 6.45) is 1.58. The van der Waals surface area contributed by atoms with Crippen molar-refractivity contribution in [2.45, 2.75) is 19.4 Å². The largest absolute Gasteiger partial charge is 0.481 e. The van der Waals surface area contributed by atoms with E-state index in [0.717, 1.165) is 5.56 Å². The number of hydrogen-bond acceptors (Lipinski definition) is 4. The van der Waals surface area contributed by atoms with E-state index in [-0.39, 0.29) is 6.54 Å². The lowest BCUT2D eigenvalue weighted by atomic mass is 9.97. The van der Waals surface area contributed by atoms with Crippen LogP contribution in [0.15, 0.2) is 12.3 Å². The maximum absolute atomic E-state index is 9.88. The van der Waals surface area contributed by atoms with Crippen LogP contribution in [0.4, 0.5) is 0 Å². The van der Waals surface area contributed by atoms with Crippen LogP contribution in [0.5, 0.6) is 5.88 Å². The zero-order chi connectivity index (χ0) is 10.8. The first-order valence-electron chi connectivity index (χ1n) is 4.45. The van der Waals surface area contributed by atoms with Gasteiger partial charge in [0.15, 0.2) is 0 Å². The Morgan fingerprint density at radius 1 is 1.64 bits per heavy atom. The van der Waals surface area contributed by atoms with E-state index in [0.29, 0.717) is 11.4 Å². The van der Waals surface area contributed by atoms with Gasteiger partial charge < -0.3 is 15.6 Å². The number of rotatable bonds is 3. The molecule has 1 unspecified atom stereocenters. The molecule has 14 heavy (non-hydrogen) atoms. The van der Waals surface area contributed by atoms with Crippen molar-refractivity contribution in [1.29, 1.82) is 0 Å². The number of pyridine rings is 1. The molecule has 0 fully saturated rings. The number of aromatic nitrogens is 1. The number of nitrogens with zero attached hydrogens (tertiary/aromatic N) is 1. The number of methoxy groups -OCH3 is 1. The minimum atomic E-state index is -1.02. The summed E-state index contributed by atoms with van der Waals surface area (Å²) < 4.78 is 5.02. The second-order valence-corrected chi connectivity index (χ2v) is 3.53. The predicted molar refractivity (Wildman–Crippen MR) is 54.2 cm³/mol. The van der Waals surface area contributed by atoms with Gasteiger partial charge in [0.1, 0.15) is 5.60 Å². The summed E-state index contributed by atoms with van der Waals surface area (Å²) in [5.74, 6) is 0.571. The fourth-order valence-electron chi connectivity index (χ4n) is 1.19.